The monoisotopic (exact) mass is 768 g/mol. The summed E-state index contributed by atoms with van der Waals surface area (Å²) in [5, 5.41) is 5.84. The summed E-state index contributed by atoms with van der Waals surface area (Å²) in [7, 11) is 3.31. The zero-order valence-electron chi connectivity index (χ0n) is 32.7. The van der Waals surface area contributed by atoms with Crippen LogP contribution in [0.5, 0.6) is 11.5 Å². The molecule has 0 bridgehead atoms. The highest BCUT2D eigenvalue weighted by Gasteiger charge is 2.40. The molecule has 7 rings (SSSR count). The second kappa shape index (κ2) is 17.8. The molecule has 57 heavy (non-hydrogen) atoms. The Bertz CT molecular complexity index is 2210. The van der Waals surface area contributed by atoms with Crippen LogP contribution >= 0.6 is 0 Å². The van der Waals surface area contributed by atoms with Gasteiger partial charge in [-0.15, -0.1) is 0 Å². The van der Waals surface area contributed by atoms with E-state index in [0.29, 0.717) is 54.5 Å². The van der Waals surface area contributed by atoms with Crippen LogP contribution in [-0.2, 0) is 26.4 Å². The molecule has 2 aromatic heterocycles. The summed E-state index contributed by atoms with van der Waals surface area (Å²) in [4.78, 5) is 38.9. The zero-order chi connectivity index (χ0) is 39.8. The first-order chi connectivity index (χ1) is 27.8. The highest BCUT2D eigenvalue weighted by molar-refractivity contribution is 6.06. The molecule has 1 aliphatic rings. The number of anilines is 1. The van der Waals surface area contributed by atoms with E-state index in [2.05, 4.69) is 51.6 Å². The van der Waals surface area contributed by atoms with Crippen LogP contribution in [0.25, 0.3) is 11.2 Å². The van der Waals surface area contributed by atoms with Gasteiger partial charge in [-0.3, -0.25) is 14.2 Å². The molecule has 0 unspecified atom stereocenters. The largest absolute Gasteiger partial charge is 0.497 e. The third-order valence-electron chi connectivity index (χ3n) is 10.3. The average Bonchev–Trinajstić information content (AvgIpc) is 3.91. The fraction of sp³-hybridized carbons (Fsp3) is 0.311. The molecular weight excluding hydrogens is 721 g/mol. The lowest BCUT2D eigenvalue weighted by molar-refractivity contribution is -0.121. The third kappa shape index (κ3) is 8.82. The minimum Gasteiger partial charge on any atom is -0.497 e. The number of hydrogen-bond acceptors (Lipinski definition) is 9. The van der Waals surface area contributed by atoms with Gasteiger partial charge in [-0.25, -0.2) is 15.0 Å². The number of amides is 2. The fourth-order valence-corrected chi connectivity index (χ4v) is 7.12. The van der Waals surface area contributed by atoms with Crippen molar-refractivity contribution in [1.29, 1.82) is 0 Å². The molecule has 1 fully saturated rings. The van der Waals surface area contributed by atoms with Crippen LogP contribution < -0.4 is 20.1 Å². The maximum absolute atomic E-state index is 13.3. The number of nitrogens with zero attached hydrogens (tertiary/aromatic N) is 4. The molecule has 3 heterocycles. The number of benzene rings is 4. The Morgan fingerprint density at radius 1 is 0.825 bits per heavy atom. The predicted octanol–water partition coefficient (Wildman–Crippen LogP) is 7.83. The predicted molar refractivity (Wildman–Crippen MR) is 217 cm³/mol. The zero-order valence-corrected chi connectivity index (χ0v) is 32.7. The summed E-state index contributed by atoms with van der Waals surface area (Å²) in [6.45, 7) is 4.89. The van der Waals surface area contributed by atoms with Gasteiger partial charge >= 0.3 is 0 Å². The third-order valence-corrected chi connectivity index (χ3v) is 10.3. The Kier molecular flexibility index (Phi) is 12.2. The number of fused-ring (bicyclic) bond motifs is 1. The van der Waals surface area contributed by atoms with Crippen molar-refractivity contribution in [2.24, 2.45) is 5.92 Å². The molecule has 0 aliphatic carbocycles. The van der Waals surface area contributed by atoms with Crippen molar-refractivity contribution in [3.63, 3.8) is 0 Å². The molecule has 2 atom stereocenters. The van der Waals surface area contributed by atoms with Crippen LogP contribution in [0, 0.1) is 5.92 Å². The molecular formula is C45H48N6O6. The van der Waals surface area contributed by atoms with Gasteiger partial charge in [0.2, 0.25) is 5.91 Å². The molecule has 1 saturated heterocycles. The lowest BCUT2D eigenvalue weighted by atomic mass is 9.80. The maximum atomic E-state index is 13.3. The van der Waals surface area contributed by atoms with Gasteiger partial charge in [-0.1, -0.05) is 80.6 Å². The van der Waals surface area contributed by atoms with Gasteiger partial charge in [0.05, 0.1) is 33.3 Å². The lowest BCUT2D eigenvalue weighted by Crippen LogP contribution is -2.35. The highest BCUT2D eigenvalue weighted by Crippen LogP contribution is 2.43. The number of methoxy groups -OCH3 is 2. The summed E-state index contributed by atoms with van der Waals surface area (Å²) in [6, 6.07) is 33.2. The second-order valence-corrected chi connectivity index (χ2v) is 14.5. The van der Waals surface area contributed by atoms with Gasteiger partial charge in [0.25, 0.3) is 5.91 Å². The maximum Gasteiger partial charge on any atom is 0.256 e. The fourth-order valence-electron chi connectivity index (χ4n) is 7.12. The molecule has 12 heteroatoms. The van der Waals surface area contributed by atoms with Crippen molar-refractivity contribution in [1.82, 2.24) is 24.8 Å². The smallest absolute Gasteiger partial charge is 0.256 e. The van der Waals surface area contributed by atoms with Crippen molar-refractivity contribution in [3.8, 4) is 11.5 Å². The van der Waals surface area contributed by atoms with Crippen molar-refractivity contribution in [2.75, 3.05) is 26.1 Å². The number of nitrogens with one attached hydrogen (secondary N) is 2. The highest BCUT2D eigenvalue weighted by atomic mass is 16.6. The molecule has 1 aliphatic heterocycles. The topological polar surface area (TPSA) is 139 Å². The summed E-state index contributed by atoms with van der Waals surface area (Å²) >= 11 is 0. The number of imidazole rings is 1. The first kappa shape index (κ1) is 39.1. The molecule has 0 spiro atoms. The number of hydrogen-bond donors (Lipinski definition) is 2. The van der Waals surface area contributed by atoms with Crippen LogP contribution in [0.2, 0.25) is 0 Å². The van der Waals surface area contributed by atoms with Crippen molar-refractivity contribution >= 4 is 28.8 Å². The summed E-state index contributed by atoms with van der Waals surface area (Å²) < 4.78 is 26.6. The standard InChI is InChI=1S/C45H48N6O6/c1-30(2)10-24-39(52)46-26-31-11-13-32(14-12-31)44(53)50-42-41-43(48-28-47-42)51(29-49-41)40-25-23-38(57-40)27-56-45(33-8-6-5-7-9-33,34-15-19-36(54-3)20-16-34)35-17-21-37(55-4)22-18-35/h5-9,11-22,28-30,38,40H,10,23-27H2,1-4H3,(H,46,52)(H,47,48,50,53)/t38-,40+/m0/s1. The Balaban J connectivity index is 1.05. The number of carbonyl (C=O) groups is 2. The van der Waals surface area contributed by atoms with E-state index in [9.17, 15) is 9.59 Å². The quantitative estimate of drug-likeness (QED) is 0.0944. The SMILES string of the molecule is COc1ccc(C(OC[C@@H]2CC[C@H](n3cnc4c(NC(=O)c5ccc(CNC(=O)CCC(C)C)cc5)ncnc43)O2)(c2ccccc2)c2ccc(OC)cc2)cc1. The van der Waals surface area contributed by atoms with E-state index in [-0.39, 0.29) is 24.1 Å². The second-order valence-electron chi connectivity index (χ2n) is 14.5. The Hall–Kier alpha value is -6.11. The van der Waals surface area contributed by atoms with E-state index in [0.717, 1.165) is 46.6 Å². The van der Waals surface area contributed by atoms with E-state index >= 15 is 0 Å². The summed E-state index contributed by atoms with van der Waals surface area (Å²) in [5.74, 6) is 1.96. The van der Waals surface area contributed by atoms with Crippen LogP contribution in [0.1, 0.15) is 78.4 Å². The van der Waals surface area contributed by atoms with Crippen LogP contribution in [0.4, 0.5) is 5.82 Å². The Morgan fingerprint density at radius 3 is 2.11 bits per heavy atom. The first-order valence-electron chi connectivity index (χ1n) is 19.3. The molecule has 0 radical (unpaired) electrons. The number of rotatable bonds is 16. The molecule has 12 nitrogen and oxygen atoms in total. The van der Waals surface area contributed by atoms with Crippen molar-refractivity contribution < 1.29 is 28.5 Å². The van der Waals surface area contributed by atoms with Crippen LogP contribution in [0.3, 0.4) is 0 Å². The summed E-state index contributed by atoms with van der Waals surface area (Å²) in [5.41, 5.74) is 4.25. The molecule has 6 aromatic rings. The summed E-state index contributed by atoms with van der Waals surface area (Å²) in [6.07, 6.45) is 5.29. The number of ether oxygens (including phenoxy) is 4. The van der Waals surface area contributed by atoms with Gasteiger partial charge in [-0.05, 0) is 83.8 Å². The Labute approximate surface area is 332 Å². The Morgan fingerprint density at radius 2 is 1.47 bits per heavy atom. The van der Waals surface area contributed by atoms with E-state index in [1.165, 1.54) is 6.33 Å². The number of aromatic nitrogens is 4. The van der Waals surface area contributed by atoms with Gasteiger partial charge in [-0.2, -0.15) is 0 Å². The average molecular weight is 769 g/mol. The molecule has 2 amide bonds. The van der Waals surface area contributed by atoms with Crippen molar-refractivity contribution in [2.45, 2.75) is 64.0 Å². The van der Waals surface area contributed by atoms with Gasteiger partial charge in [0, 0.05) is 18.5 Å². The van der Waals surface area contributed by atoms with Gasteiger partial charge in [0.15, 0.2) is 17.0 Å². The molecule has 294 valence electrons. The van der Waals surface area contributed by atoms with E-state index in [1.54, 1.807) is 32.7 Å². The van der Waals surface area contributed by atoms with E-state index in [4.69, 9.17) is 18.9 Å². The van der Waals surface area contributed by atoms with Crippen LogP contribution in [0.15, 0.2) is 116 Å². The minimum absolute atomic E-state index is 0.0177. The molecule has 4 aromatic carbocycles. The first-order valence-corrected chi connectivity index (χ1v) is 19.3. The van der Waals surface area contributed by atoms with Gasteiger partial charge in [0.1, 0.15) is 29.7 Å². The van der Waals surface area contributed by atoms with E-state index in [1.807, 2.05) is 83.4 Å². The number of carbonyl (C=O) groups excluding carboxylic acids is 2. The minimum atomic E-state index is -0.966. The van der Waals surface area contributed by atoms with Crippen molar-refractivity contribution in [3.05, 3.63) is 144 Å². The van der Waals surface area contributed by atoms with E-state index < -0.39 is 5.60 Å². The lowest BCUT2D eigenvalue weighted by Gasteiger charge is -2.37. The van der Waals surface area contributed by atoms with Crippen LogP contribution in [-0.4, -0.2) is 58.3 Å². The molecule has 0 saturated carbocycles. The van der Waals surface area contributed by atoms with Gasteiger partial charge < -0.3 is 29.6 Å². The molecule has 2 N–H and O–H groups in total. The normalized spacial score (nSPS) is 15.5.